The lowest BCUT2D eigenvalue weighted by atomic mass is 9.96. The average molecular weight is 366 g/mol. The Balaban J connectivity index is 1.64. The lowest BCUT2D eigenvalue weighted by Crippen LogP contribution is -2.08. The van der Waals surface area contributed by atoms with E-state index in [0.29, 0.717) is 5.52 Å². The highest BCUT2D eigenvalue weighted by Crippen LogP contribution is 2.44. The van der Waals surface area contributed by atoms with Gasteiger partial charge in [-0.05, 0) is 49.1 Å². The van der Waals surface area contributed by atoms with E-state index in [4.69, 9.17) is 0 Å². The van der Waals surface area contributed by atoms with Crippen molar-refractivity contribution in [1.29, 1.82) is 0 Å². The van der Waals surface area contributed by atoms with Crippen LogP contribution in [0, 0.1) is 0 Å². The topological polar surface area (TPSA) is 25.8 Å². The van der Waals surface area contributed by atoms with Crippen LogP contribution >= 0.6 is 23.1 Å². The van der Waals surface area contributed by atoms with Crippen LogP contribution in [-0.2, 0) is 12.6 Å². The highest BCUT2D eigenvalue weighted by Gasteiger charge is 2.31. The number of benzene rings is 1. The smallest absolute Gasteiger partial charge is 0.260 e. The van der Waals surface area contributed by atoms with E-state index >= 15 is 0 Å². The maximum Gasteiger partial charge on any atom is 0.416 e. The van der Waals surface area contributed by atoms with Crippen LogP contribution < -0.4 is 0 Å². The fourth-order valence-corrected chi connectivity index (χ4v) is 5.43. The summed E-state index contributed by atoms with van der Waals surface area (Å²) < 4.78 is 40.0. The molecule has 1 aromatic carbocycles. The fraction of sp³-hybridized carbons (Fsp3) is 0.294. The average Bonchev–Trinajstić information content (AvgIpc) is 2.96. The van der Waals surface area contributed by atoms with Gasteiger partial charge in [-0.3, -0.25) is 4.98 Å². The molecule has 0 spiro atoms. The van der Waals surface area contributed by atoms with Gasteiger partial charge in [0, 0.05) is 6.20 Å². The van der Waals surface area contributed by atoms with Crippen molar-refractivity contribution in [2.75, 3.05) is 0 Å². The Hall–Kier alpha value is -1.60. The van der Waals surface area contributed by atoms with E-state index in [9.17, 15) is 13.2 Å². The molecule has 0 bridgehead atoms. The first-order valence-corrected chi connectivity index (χ1v) is 9.28. The van der Waals surface area contributed by atoms with Gasteiger partial charge in [-0.15, -0.1) is 11.3 Å². The van der Waals surface area contributed by atoms with E-state index in [1.165, 1.54) is 23.0 Å². The summed E-state index contributed by atoms with van der Waals surface area (Å²) in [5.74, 6) is 0. The predicted molar refractivity (Wildman–Crippen MR) is 90.4 cm³/mol. The van der Waals surface area contributed by atoms with Crippen molar-refractivity contribution in [3.63, 3.8) is 0 Å². The number of rotatable bonds is 2. The molecule has 0 aliphatic heterocycles. The minimum Gasteiger partial charge on any atom is -0.260 e. The summed E-state index contributed by atoms with van der Waals surface area (Å²) in [6, 6.07) is 7.80. The summed E-state index contributed by atoms with van der Waals surface area (Å²) in [7, 11) is 0. The molecule has 124 valence electrons. The van der Waals surface area contributed by atoms with Crippen molar-refractivity contribution in [2.24, 2.45) is 0 Å². The number of thioether (sulfide) groups is 1. The number of aryl methyl sites for hydroxylation is 1. The summed E-state index contributed by atoms with van der Waals surface area (Å²) in [6.07, 6.45) is 0.607. The first kappa shape index (κ1) is 15.9. The van der Waals surface area contributed by atoms with Gasteiger partial charge in [0.1, 0.15) is 0 Å². The van der Waals surface area contributed by atoms with E-state index in [-0.39, 0.29) is 5.25 Å². The Morgan fingerprint density at radius 3 is 2.92 bits per heavy atom. The number of hydrogen-bond acceptors (Lipinski definition) is 4. The largest absolute Gasteiger partial charge is 0.416 e. The van der Waals surface area contributed by atoms with Crippen LogP contribution in [-0.4, -0.2) is 9.97 Å². The van der Waals surface area contributed by atoms with Gasteiger partial charge in [0.15, 0.2) is 4.34 Å². The van der Waals surface area contributed by atoms with Crippen molar-refractivity contribution in [3.8, 4) is 0 Å². The van der Waals surface area contributed by atoms with Crippen LogP contribution in [0.2, 0.25) is 0 Å². The molecule has 24 heavy (non-hydrogen) atoms. The minimum atomic E-state index is -4.34. The second kappa shape index (κ2) is 6.04. The maximum atomic E-state index is 12.8. The van der Waals surface area contributed by atoms with Crippen LogP contribution in [0.4, 0.5) is 13.2 Å². The number of aromatic nitrogens is 2. The van der Waals surface area contributed by atoms with Gasteiger partial charge in [-0.1, -0.05) is 17.8 Å². The Morgan fingerprint density at radius 2 is 2.08 bits per heavy atom. The summed E-state index contributed by atoms with van der Waals surface area (Å²) in [5.41, 5.74) is 2.11. The Bertz CT molecular complexity index is 889. The third-order valence-corrected chi connectivity index (χ3v) is 6.49. The molecule has 2 heterocycles. The summed E-state index contributed by atoms with van der Waals surface area (Å²) in [6.45, 7) is 0. The van der Waals surface area contributed by atoms with E-state index in [2.05, 4.69) is 16.0 Å². The molecule has 0 saturated carbocycles. The molecule has 1 unspecified atom stereocenters. The molecule has 0 N–H and O–H groups in total. The van der Waals surface area contributed by atoms with Crippen molar-refractivity contribution in [3.05, 3.63) is 53.3 Å². The second-order valence-corrected chi connectivity index (χ2v) is 8.19. The van der Waals surface area contributed by atoms with Gasteiger partial charge in [0.2, 0.25) is 0 Å². The second-order valence-electron chi connectivity index (χ2n) is 5.71. The van der Waals surface area contributed by atoms with Gasteiger partial charge >= 0.3 is 6.18 Å². The summed E-state index contributed by atoms with van der Waals surface area (Å²) in [4.78, 5) is 8.91. The molecule has 2 aromatic heterocycles. The number of pyridine rings is 1. The number of halogens is 3. The van der Waals surface area contributed by atoms with Crippen molar-refractivity contribution >= 4 is 33.3 Å². The predicted octanol–water partition coefficient (Wildman–Crippen LogP) is 5.88. The fourth-order valence-electron chi connectivity index (χ4n) is 2.94. The van der Waals surface area contributed by atoms with E-state index in [1.54, 1.807) is 18.0 Å². The van der Waals surface area contributed by atoms with E-state index < -0.39 is 11.7 Å². The number of hydrogen-bond donors (Lipinski definition) is 0. The van der Waals surface area contributed by atoms with Crippen LogP contribution in [0.3, 0.4) is 0 Å². The zero-order valence-electron chi connectivity index (χ0n) is 12.5. The summed E-state index contributed by atoms with van der Waals surface area (Å²) >= 11 is 3.05. The third-order valence-electron chi connectivity index (χ3n) is 4.08. The Labute approximate surface area is 145 Å². The SMILES string of the molecule is FC(F)(F)c1ccc2sc(SC3CCCc4cccnc43)nc2c1. The van der Waals surface area contributed by atoms with Crippen LogP contribution in [0.25, 0.3) is 10.2 Å². The van der Waals surface area contributed by atoms with E-state index in [1.807, 2.05) is 6.07 Å². The molecule has 0 fully saturated rings. The number of nitrogens with zero attached hydrogens (tertiary/aromatic N) is 2. The highest BCUT2D eigenvalue weighted by molar-refractivity contribution is 8.01. The molecule has 0 radical (unpaired) electrons. The van der Waals surface area contributed by atoms with Gasteiger partial charge in [0.25, 0.3) is 0 Å². The zero-order valence-corrected chi connectivity index (χ0v) is 14.1. The van der Waals surface area contributed by atoms with Gasteiger partial charge in [0.05, 0.1) is 26.7 Å². The molecule has 4 rings (SSSR count). The molecule has 3 aromatic rings. The standard InChI is InChI=1S/C17H13F3N2S2/c18-17(19,20)11-6-7-13-12(9-11)22-16(23-13)24-14-5-1-3-10-4-2-8-21-15(10)14/h2,4,6-9,14H,1,3,5H2. The molecule has 7 heteroatoms. The van der Waals surface area contributed by atoms with E-state index in [0.717, 1.165) is 46.1 Å². The van der Waals surface area contributed by atoms with Crippen LogP contribution in [0.15, 0.2) is 40.9 Å². The third kappa shape index (κ3) is 3.02. The molecule has 1 aliphatic carbocycles. The van der Waals surface area contributed by atoms with Crippen LogP contribution in [0.1, 0.15) is 34.9 Å². The molecule has 0 saturated heterocycles. The molecular weight excluding hydrogens is 353 g/mol. The quantitative estimate of drug-likeness (QED) is 0.566. The normalized spacial score (nSPS) is 17.9. The Kier molecular flexibility index (Phi) is 4.00. The number of thiazole rings is 1. The van der Waals surface area contributed by atoms with Crippen molar-refractivity contribution in [2.45, 2.75) is 35.0 Å². The molecular formula is C17H13F3N2S2. The highest BCUT2D eigenvalue weighted by atomic mass is 32.2. The van der Waals surface area contributed by atoms with Crippen molar-refractivity contribution < 1.29 is 13.2 Å². The number of alkyl halides is 3. The van der Waals surface area contributed by atoms with Crippen molar-refractivity contribution in [1.82, 2.24) is 9.97 Å². The molecule has 1 atom stereocenters. The molecule has 2 nitrogen and oxygen atoms in total. The van der Waals surface area contributed by atoms with Crippen LogP contribution in [0.5, 0.6) is 0 Å². The summed E-state index contributed by atoms with van der Waals surface area (Å²) in [5, 5.41) is 0.220. The number of fused-ring (bicyclic) bond motifs is 2. The van der Waals surface area contributed by atoms with Gasteiger partial charge < -0.3 is 0 Å². The maximum absolute atomic E-state index is 12.8. The Morgan fingerprint density at radius 1 is 1.21 bits per heavy atom. The minimum absolute atomic E-state index is 0.220. The lowest BCUT2D eigenvalue weighted by molar-refractivity contribution is -0.137. The molecule has 1 aliphatic rings. The monoisotopic (exact) mass is 366 g/mol. The van der Waals surface area contributed by atoms with Gasteiger partial charge in [-0.2, -0.15) is 13.2 Å². The van der Waals surface area contributed by atoms with Gasteiger partial charge in [-0.25, -0.2) is 4.98 Å². The molecule has 0 amide bonds. The zero-order chi connectivity index (χ0) is 16.7. The first-order chi connectivity index (χ1) is 11.5. The lowest BCUT2D eigenvalue weighted by Gasteiger charge is -2.22. The first-order valence-electron chi connectivity index (χ1n) is 7.59.